The van der Waals surface area contributed by atoms with Crippen molar-refractivity contribution in [1.29, 1.82) is 0 Å². The molecule has 2 aromatic carbocycles. The normalized spacial score (nSPS) is 16.3. The minimum absolute atomic E-state index is 0.0338. The van der Waals surface area contributed by atoms with E-state index in [-0.39, 0.29) is 17.2 Å². The summed E-state index contributed by atoms with van der Waals surface area (Å²) in [5, 5.41) is 0.621. The highest BCUT2D eigenvalue weighted by Crippen LogP contribution is 2.22. The molecule has 4 rings (SSSR count). The minimum Gasteiger partial charge on any atom is -0.298 e. The zero-order chi connectivity index (χ0) is 20.3. The molecule has 0 amide bonds. The molecule has 0 radical (unpaired) electrons. The highest BCUT2D eigenvalue weighted by molar-refractivity contribution is 7.89. The van der Waals surface area contributed by atoms with Gasteiger partial charge in [0.15, 0.2) is 0 Å². The van der Waals surface area contributed by atoms with Crippen molar-refractivity contribution >= 4 is 20.9 Å². The average Bonchev–Trinajstić information content (AvgIpc) is 2.76. The standard InChI is InChI=1S/C22H25N3O3S/c26-22-20-8-4-5-9-21(20)23-17-24(22)16-19-10-13-25(14-11-19)29(27,28)15-12-18-6-2-1-3-7-18/h1-9,17,19H,10-16H2. The van der Waals surface area contributed by atoms with E-state index in [9.17, 15) is 13.2 Å². The van der Waals surface area contributed by atoms with Gasteiger partial charge in [0.2, 0.25) is 10.0 Å². The van der Waals surface area contributed by atoms with Crippen molar-refractivity contribution in [2.45, 2.75) is 25.8 Å². The van der Waals surface area contributed by atoms with Crippen LogP contribution in [0.1, 0.15) is 18.4 Å². The van der Waals surface area contributed by atoms with Gasteiger partial charge < -0.3 is 0 Å². The van der Waals surface area contributed by atoms with Crippen molar-refractivity contribution in [1.82, 2.24) is 13.9 Å². The van der Waals surface area contributed by atoms with Gasteiger partial charge in [0.25, 0.3) is 5.56 Å². The van der Waals surface area contributed by atoms with Gasteiger partial charge in [-0.05, 0) is 42.9 Å². The lowest BCUT2D eigenvalue weighted by Crippen LogP contribution is -2.41. The molecule has 0 aliphatic carbocycles. The summed E-state index contributed by atoms with van der Waals surface area (Å²) >= 11 is 0. The number of fused-ring (bicyclic) bond motifs is 1. The Kier molecular flexibility index (Phi) is 5.78. The molecule has 29 heavy (non-hydrogen) atoms. The summed E-state index contributed by atoms with van der Waals surface area (Å²) in [4.78, 5) is 17.0. The summed E-state index contributed by atoms with van der Waals surface area (Å²) in [7, 11) is -3.26. The lowest BCUT2D eigenvalue weighted by atomic mass is 9.98. The van der Waals surface area contributed by atoms with Gasteiger partial charge >= 0.3 is 0 Å². The van der Waals surface area contributed by atoms with Gasteiger partial charge in [0.05, 0.1) is 23.0 Å². The van der Waals surface area contributed by atoms with Crippen molar-refractivity contribution in [2.24, 2.45) is 5.92 Å². The van der Waals surface area contributed by atoms with Crippen LogP contribution < -0.4 is 5.56 Å². The SMILES string of the molecule is O=c1c2ccccc2ncn1CC1CCN(S(=O)(=O)CCc2ccccc2)CC1. The predicted molar refractivity (Wildman–Crippen MR) is 114 cm³/mol. The van der Waals surface area contributed by atoms with Crippen molar-refractivity contribution in [3.05, 3.63) is 76.8 Å². The molecule has 6 nitrogen and oxygen atoms in total. The number of para-hydroxylation sites is 1. The van der Waals surface area contributed by atoms with Crippen LogP contribution in [0.2, 0.25) is 0 Å². The van der Waals surface area contributed by atoms with Crippen molar-refractivity contribution < 1.29 is 8.42 Å². The number of nitrogens with zero attached hydrogens (tertiary/aromatic N) is 3. The van der Waals surface area contributed by atoms with Crippen LogP contribution in [0.25, 0.3) is 10.9 Å². The molecule has 1 aromatic heterocycles. The van der Waals surface area contributed by atoms with Crippen LogP contribution in [-0.4, -0.2) is 41.1 Å². The Hall–Kier alpha value is -2.51. The molecule has 7 heteroatoms. The maximum absolute atomic E-state index is 12.7. The van der Waals surface area contributed by atoms with Gasteiger partial charge in [0.1, 0.15) is 0 Å². The Balaban J connectivity index is 1.36. The Morgan fingerprint density at radius 3 is 2.41 bits per heavy atom. The van der Waals surface area contributed by atoms with Crippen LogP contribution in [0.5, 0.6) is 0 Å². The minimum atomic E-state index is -3.26. The largest absolute Gasteiger partial charge is 0.298 e. The van der Waals surface area contributed by atoms with E-state index in [0.29, 0.717) is 37.0 Å². The Morgan fingerprint density at radius 1 is 0.966 bits per heavy atom. The number of piperidine rings is 1. The number of hydrogen-bond donors (Lipinski definition) is 0. The summed E-state index contributed by atoms with van der Waals surface area (Å²) in [6.07, 6.45) is 3.64. The Bertz CT molecular complexity index is 1130. The second-order valence-corrected chi connectivity index (χ2v) is 9.70. The van der Waals surface area contributed by atoms with E-state index in [1.807, 2.05) is 48.5 Å². The highest BCUT2D eigenvalue weighted by Gasteiger charge is 2.28. The highest BCUT2D eigenvalue weighted by atomic mass is 32.2. The van der Waals surface area contributed by atoms with Crippen LogP contribution in [-0.2, 0) is 23.0 Å². The van der Waals surface area contributed by atoms with Gasteiger partial charge in [-0.3, -0.25) is 9.36 Å². The number of hydrogen-bond acceptors (Lipinski definition) is 4. The summed E-state index contributed by atoms with van der Waals surface area (Å²) in [6.45, 7) is 1.60. The molecule has 0 unspecified atom stereocenters. The molecule has 1 fully saturated rings. The van der Waals surface area contributed by atoms with E-state index in [4.69, 9.17) is 0 Å². The first-order valence-electron chi connectivity index (χ1n) is 9.99. The van der Waals surface area contributed by atoms with Crippen LogP contribution in [0.3, 0.4) is 0 Å². The third kappa shape index (κ3) is 4.57. The predicted octanol–water partition coefficient (Wildman–Crippen LogP) is 2.68. The molecule has 0 N–H and O–H groups in total. The first-order chi connectivity index (χ1) is 14.0. The fourth-order valence-electron chi connectivity index (χ4n) is 3.90. The number of aryl methyl sites for hydroxylation is 1. The summed E-state index contributed by atoms with van der Waals surface area (Å²) in [5.41, 5.74) is 1.70. The number of benzene rings is 2. The van der Waals surface area contributed by atoms with E-state index in [1.165, 1.54) is 0 Å². The molecular weight excluding hydrogens is 386 g/mol. The summed E-state index contributed by atoms with van der Waals surface area (Å²) in [6, 6.07) is 17.0. The van der Waals surface area contributed by atoms with E-state index in [2.05, 4.69) is 4.98 Å². The number of sulfonamides is 1. The molecule has 0 atom stereocenters. The van der Waals surface area contributed by atoms with Crippen LogP contribution in [0.4, 0.5) is 0 Å². The van der Waals surface area contributed by atoms with Crippen LogP contribution in [0.15, 0.2) is 65.7 Å². The molecule has 0 spiro atoms. The molecule has 152 valence electrons. The zero-order valence-electron chi connectivity index (χ0n) is 16.3. The van der Waals surface area contributed by atoms with E-state index in [1.54, 1.807) is 21.3 Å². The molecule has 0 saturated carbocycles. The third-order valence-corrected chi connectivity index (χ3v) is 7.52. The van der Waals surface area contributed by atoms with Crippen molar-refractivity contribution in [3.8, 4) is 0 Å². The maximum atomic E-state index is 12.7. The summed E-state index contributed by atoms with van der Waals surface area (Å²) < 4.78 is 28.6. The van der Waals surface area contributed by atoms with E-state index >= 15 is 0 Å². The topological polar surface area (TPSA) is 72.3 Å². The second kappa shape index (κ2) is 8.47. The average molecular weight is 412 g/mol. The number of rotatable bonds is 6. The fourth-order valence-corrected chi connectivity index (χ4v) is 5.42. The van der Waals surface area contributed by atoms with Gasteiger partial charge in [-0.2, -0.15) is 0 Å². The van der Waals surface area contributed by atoms with Gasteiger partial charge in [0, 0.05) is 19.6 Å². The van der Waals surface area contributed by atoms with Crippen LogP contribution in [0, 0.1) is 5.92 Å². The first-order valence-corrected chi connectivity index (χ1v) is 11.6. The van der Waals surface area contributed by atoms with Gasteiger partial charge in [-0.1, -0.05) is 42.5 Å². The van der Waals surface area contributed by atoms with Gasteiger partial charge in [-0.15, -0.1) is 0 Å². The van der Waals surface area contributed by atoms with Crippen molar-refractivity contribution in [3.63, 3.8) is 0 Å². The van der Waals surface area contributed by atoms with Crippen LogP contribution >= 0.6 is 0 Å². The molecule has 1 aliphatic rings. The third-order valence-electron chi connectivity index (χ3n) is 5.64. The second-order valence-electron chi connectivity index (χ2n) is 7.61. The van der Waals surface area contributed by atoms with E-state index < -0.39 is 10.0 Å². The molecule has 1 aliphatic heterocycles. The molecule has 1 saturated heterocycles. The molecule has 0 bridgehead atoms. The number of aromatic nitrogens is 2. The first kappa shape index (κ1) is 19.8. The fraction of sp³-hybridized carbons (Fsp3) is 0.364. The molecule has 2 heterocycles. The monoisotopic (exact) mass is 411 g/mol. The van der Waals surface area contributed by atoms with Crippen molar-refractivity contribution in [2.75, 3.05) is 18.8 Å². The lowest BCUT2D eigenvalue weighted by molar-refractivity contribution is 0.251. The smallest absolute Gasteiger partial charge is 0.261 e. The summed E-state index contributed by atoms with van der Waals surface area (Å²) in [5.74, 6) is 0.409. The lowest BCUT2D eigenvalue weighted by Gasteiger charge is -2.31. The quantitative estimate of drug-likeness (QED) is 0.625. The Morgan fingerprint density at radius 2 is 1.66 bits per heavy atom. The zero-order valence-corrected chi connectivity index (χ0v) is 17.1. The maximum Gasteiger partial charge on any atom is 0.261 e. The van der Waals surface area contributed by atoms with Gasteiger partial charge in [-0.25, -0.2) is 17.7 Å². The molecular formula is C22H25N3O3S. The Labute approximate surface area is 170 Å². The van der Waals surface area contributed by atoms with E-state index in [0.717, 1.165) is 18.4 Å². The molecule has 3 aromatic rings.